The van der Waals surface area contributed by atoms with Crippen molar-refractivity contribution in [2.24, 2.45) is 0 Å². The van der Waals surface area contributed by atoms with Gasteiger partial charge in [0.1, 0.15) is 22.3 Å². The van der Waals surface area contributed by atoms with Crippen LogP contribution in [0.3, 0.4) is 0 Å². The molecule has 0 aliphatic carbocycles. The van der Waals surface area contributed by atoms with Crippen LogP contribution in [-0.4, -0.2) is 0 Å². The van der Waals surface area contributed by atoms with Crippen LogP contribution in [0, 0.1) is 0 Å². The third kappa shape index (κ3) is 6.66. The Bertz CT molecular complexity index is 5840. The Hall–Kier alpha value is -12.4. The molecule has 2 aromatic heterocycles. The van der Waals surface area contributed by atoms with Gasteiger partial charge in [0.25, 0.3) is 0 Å². The van der Waals surface area contributed by atoms with Gasteiger partial charge in [-0.05, 0) is 161 Å². The van der Waals surface area contributed by atoms with Crippen molar-refractivity contribution in [3.8, 4) is 22.3 Å². The fraction of sp³-hybridized carbons (Fsp3) is 0. The summed E-state index contributed by atoms with van der Waals surface area (Å²) in [5.74, 6) is 0. The monoisotopic (exact) mass is 1170 g/mol. The summed E-state index contributed by atoms with van der Waals surface area (Å²) in [6.45, 7) is 0. The van der Waals surface area contributed by atoms with Crippen LogP contribution in [0.4, 0.5) is 68.2 Å². The number of rotatable bonds is 6. The van der Waals surface area contributed by atoms with Crippen molar-refractivity contribution in [2.75, 3.05) is 19.6 Å². The molecule has 0 spiro atoms. The molecule has 2 aliphatic heterocycles. The number of hydrogen-bond acceptors (Lipinski definition) is 6. The SMILES string of the molecule is c1ccc(-c2c3c4cccc5c(N6c7ccccc7N(c7ccccc7)c7cc8c(cc76)oc6ccccc68)ccc(c3c(-c3ccccc3)c3c6cccc7c(N8c9ccccc9N(c9ccccc9)c9cc%10c(cc98)oc8ccccc8%10)ccc(c23)c76)c54)cc1. The van der Waals surface area contributed by atoms with Gasteiger partial charge in [0.05, 0.1) is 56.9 Å². The zero-order chi connectivity index (χ0) is 59.9. The van der Waals surface area contributed by atoms with Crippen molar-refractivity contribution in [1.29, 1.82) is 0 Å². The Morgan fingerprint density at radius 3 is 0.902 bits per heavy atom. The van der Waals surface area contributed by atoms with Crippen LogP contribution in [0.25, 0.3) is 131 Å². The number of hydrogen-bond donors (Lipinski definition) is 0. The van der Waals surface area contributed by atoms with E-state index in [2.05, 4.69) is 323 Å². The number of nitrogens with zero attached hydrogens (tertiary/aromatic N) is 4. The van der Waals surface area contributed by atoms with E-state index in [9.17, 15) is 0 Å². The minimum Gasteiger partial charge on any atom is -0.456 e. The highest BCUT2D eigenvalue weighted by atomic mass is 16.3. The second-order valence-corrected chi connectivity index (χ2v) is 24.6. The largest absolute Gasteiger partial charge is 0.456 e. The number of para-hydroxylation sites is 8. The maximum absolute atomic E-state index is 6.76. The van der Waals surface area contributed by atoms with Crippen LogP contribution in [0.5, 0.6) is 0 Å². The van der Waals surface area contributed by atoms with Gasteiger partial charge in [-0.3, -0.25) is 0 Å². The number of fused-ring (bicyclic) bond motifs is 16. The summed E-state index contributed by atoms with van der Waals surface area (Å²) >= 11 is 0. The molecule has 0 fully saturated rings. The van der Waals surface area contributed by atoms with E-state index in [-0.39, 0.29) is 0 Å². The lowest BCUT2D eigenvalue weighted by Gasteiger charge is -2.40. The van der Waals surface area contributed by atoms with Crippen LogP contribution in [0.1, 0.15) is 0 Å². The molecule has 0 atom stereocenters. The van der Waals surface area contributed by atoms with Crippen molar-refractivity contribution < 1.29 is 8.83 Å². The zero-order valence-electron chi connectivity index (χ0n) is 49.5. The van der Waals surface area contributed by atoms with E-state index in [0.717, 1.165) is 112 Å². The summed E-state index contributed by atoms with van der Waals surface area (Å²) in [7, 11) is 0. The van der Waals surface area contributed by atoms with Gasteiger partial charge < -0.3 is 28.4 Å². The Balaban J connectivity index is 0.856. The van der Waals surface area contributed by atoms with Crippen LogP contribution in [0.2, 0.25) is 0 Å². The molecule has 4 heterocycles. The molecule has 2 aliphatic rings. The molecule has 0 amide bonds. The van der Waals surface area contributed by atoms with E-state index in [0.29, 0.717) is 0 Å². The van der Waals surface area contributed by atoms with E-state index in [4.69, 9.17) is 8.83 Å². The third-order valence-electron chi connectivity index (χ3n) is 19.9. The van der Waals surface area contributed by atoms with Crippen molar-refractivity contribution in [1.82, 2.24) is 0 Å². The topological polar surface area (TPSA) is 39.2 Å². The minimum absolute atomic E-state index is 0.849. The fourth-order valence-electron chi connectivity index (χ4n) is 16.3. The van der Waals surface area contributed by atoms with Crippen molar-refractivity contribution in [2.45, 2.75) is 0 Å². The highest BCUT2D eigenvalue weighted by Gasteiger charge is 2.37. The summed E-state index contributed by atoms with van der Waals surface area (Å²) in [5.41, 5.74) is 21.3. The maximum atomic E-state index is 6.76. The van der Waals surface area contributed by atoms with Gasteiger partial charge in [-0.25, -0.2) is 0 Å². The lowest BCUT2D eigenvalue weighted by Crippen LogP contribution is -2.24. The van der Waals surface area contributed by atoms with Crippen molar-refractivity contribution in [3.63, 3.8) is 0 Å². The number of furan rings is 2. The predicted octanol–water partition coefficient (Wildman–Crippen LogP) is 25.1. The first-order valence-corrected chi connectivity index (χ1v) is 31.6. The van der Waals surface area contributed by atoms with Crippen LogP contribution in [-0.2, 0) is 0 Å². The van der Waals surface area contributed by atoms with E-state index in [1.54, 1.807) is 0 Å². The van der Waals surface area contributed by atoms with Gasteiger partial charge in [-0.2, -0.15) is 0 Å². The smallest absolute Gasteiger partial charge is 0.137 e. The van der Waals surface area contributed by atoms with E-state index in [1.165, 1.54) is 86.9 Å². The Morgan fingerprint density at radius 2 is 0.489 bits per heavy atom. The highest BCUT2D eigenvalue weighted by Crippen LogP contribution is 2.62. The molecule has 21 rings (SSSR count). The molecule has 0 N–H and O–H groups in total. The quantitative estimate of drug-likeness (QED) is 0.165. The molecule has 0 unspecified atom stereocenters. The second-order valence-electron chi connectivity index (χ2n) is 24.6. The second kappa shape index (κ2) is 18.6. The van der Waals surface area contributed by atoms with E-state index < -0.39 is 0 Å². The van der Waals surface area contributed by atoms with E-state index >= 15 is 0 Å². The summed E-state index contributed by atoms with van der Waals surface area (Å²) < 4.78 is 13.5. The molecular formula is C86H50N4O2. The predicted molar refractivity (Wildman–Crippen MR) is 385 cm³/mol. The van der Waals surface area contributed by atoms with Crippen LogP contribution < -0.4 is 19.6 Å². The zero-order valence-corrected chi connectivity index (χ0v) is 49.5. The molecule has 426 valence electrons. The van der Waals surface area contributed by atoms with Crippen LogP contribution >= 0.6 is 0 Å². The first-order chi connectivity index (χ1) is 45.7. The Labute approximate surface area is 527 Å². The average Bonchev–Trinajstić information content (AvgIpc) is 1.50. The van der Waals surface area contributed by atoms with Gasteiger partial charge in [0.2, 0.25) is 0 Å². The molecule has 92 heavy (non-hydrogen) atoms. The van der Waals surface area contributed by atoms with Crippen molar-refractivity contribution >= 4 is 177 Å². The molecule has 17 aromatic carbocycles. The molecule has 6 nitrogen and oxygen atoms in total. The molecular weight excluding hydrogens is 1120 g/mol. The third-order valence-corrected chi connectivity index (χ3v) is 19.9. The lowest BCUT2D eigenvalue weighted by molar-refractivity contribution is 0.668. The maximum Gasteiger partial charge on any atom is 0.137 e. The first kappa shape index (κ1) is 49.6. The normalized spacial score (nSPS) is 13.1. The van der Waals surface area contributed by atoms with Gasteiger partial charge >= 0.3 is 0 Å². The van der Waals surface area contributed by atoms with Gasteiger partial charge in [0, 0.05) is 55.8 Å². The molecule has 19 aromatic rings. The highest BCUT2D eigenvalue weighted by molar-refractivity contribution is 6.47. The van der Waals surface area contributed by atoms with Gasteiger partial charge in [0.15, 0.2) is 0 Å². The average molecular weight is 1170 g/mol. The standard InChI is InChI=1S/C86H50N4O2/c1-5-23-51(24-6-1)79-83-59-35-21-33-57-66(90-70-40-18-16-38-68(70)88(54-29-11-4-12-30-54)72-48-64-56-32-14-20-42-76(56)92-78(64)50-74(72)90)46-44-62(81(57)59)86(83)80(52-25-7-2-8-26-52)84-60-36-22-34-58-65(45-43-61(82(58)60)85(79)84)89-69-39-17-15-37-67(69)87(53-27-9-3-10-28-53)71-47-63-55-31-13-19-41-75(55)91-77(63)49-73(71)89/h1-50H. The lowest BCUT2D eigenvalue weighted by atomic mass is 9.87. The van der Waals surface area contributed by atoms with Crippen LogP contribution in [0.15, 0.2) is 312 Å². The Kier molecular flexibility index (Phi) is 10.0. The molecule has 6 heteroatoms. The summed E-state index contributed by atoms with van der Waals surface area (Å²) in [6.07, 6.45) is 0. The summed E-state index contributed by atoms with van der Waals surface area (Å²) in [5, 5.41) is 19.1. The first-order valence-electron chi connectivity index (χ1n) is 31.6. The molecule has 0 saturated carbocycles. The molecule has 0 saturated heterocycles. The minimum atomic E-state index is 0.849. The summed E-state index contributed by atoms with van der Waals surface area (Å²) in [6, 6.07) is 111. The Morgan fingerprint density at radius 1 is 0.174 bits per heavy atom. The molecule has 0 bridgehead atoms. The van der Waals surface area contributed by atoms with Crippen molar-refractivity contribution in [3.05, 3.63) is 303 Å². The number of anilines is 12. The van der Waals surface area contributed by atoms with E-state index in [1.807, 2.05) is 0 Å². The molecule has 0 radical (unpaired) electrons. The van der Waals surface area contributed by atoms with Gasteiger partial charge in [-0.15, -0.1) is 0 Å². The fourth-order valence-corrected chi connectivity index (χ4v) is 16.3. The summed E-state index contributed by atoms with van der Waals surface area (Å²) in [4.78, 5) is 9.82. The van der Waals surface area contributed by atoms with Gasteiger partial charge in [-0.1, -0.05) is 206 Å². The number of benzene rings is 15.